The average molecular weight is 286 g/mol. The zero-order valence-electron chi connectivity index (χ0n) is 12.9. The summed E-state index contributed by atoms with van der Waals surface area (Å²) in [4.78, 5) is 3.92. The van der Waals surface area contributed by atoms with Crippen LogP contribution in [0.3, 0.4) is 0 Å². The number of nitrogens with two attached hydrogens (primary N) is 1. The summed E-state index contributed by atoms with van der Waals surface area (Å²) in [6.45, 7) is 7.54. The van der Waals surface area contributed by atoms with Gasteiger partial charge in [0.15, 0.2) is 11.6 Å². The van der Waals surface area contributed by atoms with Crippen LogP contribution >= 0.6 is 0 Å². The number of nitrogens with zero attached hydrogens (tertiary/aromatic N) is 1. The molecule has 5 heteroatoms. The third-order valence-corrected chi connectivity index (χ3v) is 2.95. The smallest absolute Gasteiger partial charge is 0.166 e. The predicted molar refractivity (Wildman–Crippen MR) is 85.6 cm³/mol. The molecule has 2 aromatic rings. The highest BCUT2D eigenvalue weighted by atomic mass is 19.1. The Labute approximate surface area is 126 Å². The monoisotopic (exact) mass is 286 g/mol. The van der Waals surface area contributed by atoms with Crippen molar-refractivity contribution in [3.8, 4) is 5.75 Å². The zero-order chi connectivity index (χ0) is 16.0. The van der Waals surface area contributed by atoms with Crippen molar-refractivity contribution in [2.75, 3.05) is 5.73 Å². The first-order valence-electron chi connectivity index (χ1n) is 6.91. The first-order chi connectivity index (χ1) is 9.99. The van der Waals surface area contributed by atoms with Crippen molar-refractivity contribution in [1.29, 1.82) is 0 Å². The molecule has 2 radical (unpaired) electrons. The van der Waals surface area contributed by atoms with Crippen molar-refractivity contribution < 1.29 is 9.13 Å². The molecule has 1 unspecified atom stereocenters. The Balaban J connectivity index is 0.00000106. The van der Waals surface area contributed by atoms with Gasteiger partial charge >= 0.3 is 0 Å². The number of anilines is 1. The Morgan fingerprint density at radius 1 is 1.33 bits per heavy atom. The highest BCUT2D eigenvalue weighted by Gasteiger charge is 2.14. The van der Waals surface area contributed by atoms with E-state index in [0.29, 0.717) is 16.8 Å². The molecule has 0 aliphatic rings. The van der Waals surface area contributed by atoms with Crippen LogP contribution in [-0.2, 0) is 0 Å². The summed E-state index contributed by atoms with van der Waals surface area (Å²) >= 11 is 0. The minimum Gasteiger partial charge on any atom is -0.482 e. The number of aromatic nitrogens is 1. The van der Waals surface area contributed by atoms with Crippen LogP contribution in [0.4, 0.5) is 10.2 Å². The molecular formula is C16H20BFN2O. The number of pyridine rings is 1. The normalized spacial score (nSPS) is 11.3. The van der Waals surface area contributed by atoms with Gasteiger partial charge in [-0.2, -0.15) is 0 Å². The van der Waals surface area contributed by atoms with E-state index in [1.54, 1.807) is 19.1 Å². The van der Waals surface area contributed by atoms with Crippen LogP contribution in [0.5, 0.6) is 5.75 Å². The molecule has 0 amide bonds. The van der Waals surface area contributed by atoms with Gasteiger partial charge in [0.25, 0.3) is 0 Å². The molecule has 0 saturated heterocycles. The summed E-state index contributed by atoms with van der Waals surface area (Å²) < 4.78 is 19.2. The van der Waals surface area contributed by atoms with Crippen LogP contribution in [0.25, 0.3) is 0 Å². The molecule has 1 aromatic heterocycles. The van der Waals surface area contributed by atoms with Crippen LogP contribution in [0.1, 0.15) is 38.0 Å². The summed E-state index contributed by atoms with van der Waals surface area (Å²) in [5.41, 5.74) is 7.51. The molecule has 2 rings (SSSR count). The van der Waals surface area contributed by atoms with Crippen LogP contribution in [0, 0.1) is 12.7 Å². The maximum absolute atomic E-state index is 13.5. The second kappa shape index (κ2) is 7.67. The number of nitrogen functional groups attached to an aromatic ring is 1. The molecule has 1 heterocycles. The topological polar surface area (TPSA) is 48.1 Å². The minimum absolute atomic E-state index is 0.258. The van der Waals surface area contributed by atoms with Crippen molar-refractivity contribution in [3.05, 3.63) is 47.4 Å². The molecule has 2 N–H and O–H groups in total. The molecule has 1 aromatic carbocycles. The van der Waals surface area contributed by atoms with E-state index in [1.807, 2.05) is 26.8 Å². The standard InChI is InChI=1S/C14H14BFN2O.C2H6/c1-8-11(4-3-5-12(8)16)9(2)19-13-6-10(15)7-18-14(13)17;1-2/h3-7,9H,1-2H3,(H2,17,18);1-2H3. The largest absolute Gasteiger partial charge is 0.482 e. The Bertz CT molecular complexity index is 605. The Morgan fingerprint density at radius 2 is 2.00 bits per heavy atom. The third kappa shape index (κ3) is 4.21. The van der Waals surface area contributed by atoms with Crippen LogP contribution < -0.4 is 15.9 Å². The molecule has 0 spiro atoms. The first kappa shape index (κ1) is 17.0. The van der Waals surface area contributed by atoms with Crippen molar-refractivity contribution in [2.24, 2.45) is 0 Å². The first-order valence-corrected chi connectivity index (χ1v) is 6.91. The van der Waals surface area contributed by atoms with Gasteiger partial charge in [-0.1, -0.05) is 31.4 Å². The summed E-state index contributed by atoms with van der Waals surface area (Å²) in [6, 6.07) is 6.49. The number of halogens is 1. The van der Waals surface area contributed by atoms with Gasteiger partial charge < -0.3 is 10.5 Å². The van der Waals surface area contributed by atoms with E-state index < -0.39 is 0 Å². The number of benzene rings is 1. The van der Waals surface area contributed by atoms with Gasteiger partial charge in [-0.05, 0) is 37.1 Å². The molecule has 110 valence electrons. The number of ether oxygens (including phenoxy) is 1. The van der Waals surface area contributed by atoms with Gasteiger partial charge in [0.2, 0.25) is 0 Å². The molecule has 0 saturated carbocycles. The Hall–Kier alpha value is -2.04. The molecular weight excluding hydrogens is 266 g/mol. The number of hydrogen-bond donors (Lipinski definition) is 1. The molecule has 21 heavy (non-hydrogen) atoms. The van der Waals surface area contributed by atoms with E-state index in [2.05, 4.69) is 4.98 Å². The molecule has 0 aliphatic carbocycles. The fraction of sp³-hybridized carbons (Fsp3) is 0.312. The van der Waals surface area contributed by atoms with Crippen molar-refractivity contribution in [2.45, 2.75) is 33.8 Å². The van der Waals surface area contributed by atoms with E-state index in [1.165, 1.54) is 12.3 Å². The van der Waals surface area contributed by atoms with Crippen LogP contribution in [0.2, 0.25) is 0 Å². The van der Waals surface area contributed by atoms with E-state index in [0.717, 1.165) is 5.56 Å². The molecule has 1 atom stereocenters. The lowest BCUT2D eigenvalue weighted by molar-refractivity contribution is 0.226. The summed E-state index contributed by atoms with van der Waals surface area (Å²) in [7, 11) is 5.64. The Morgan fingerprint density at radius 3 is 2.67 bits per heavy atom. The number of hydrogen-bond acceptors (Lipinski definition) is 3. The second-order valence-corrected chi connectivity index (χ2v) is 4.37. The molecule has 0 fully saturated rings. The molecule has 0 aliphatic heterocycles. The van der Waals surface area contributed by atoms with Gasteiger partial charge in [-0.15, -0.1) is 0 Å². The zero-order valence-corrected chi connectivity index (χ0v) is 12.9. The van der Waals surface area contributed by atoms with Crippen LogP contribution in [0.15, 0.2) is 30.5 Å². The van der Waals surface area contributed by atoms with Gasteiger partial charge in [-0.3, -0.25) is 0 Å². The molecule has 3 nitrogen and oxygen atoms in total. The van der Waals surface area contributed by atoms with E-state index >= 15 is 0 Å². The van der Waals surface area contributed by atoms with Gasteiger partial charge in [0, 0.05) is 6.20 Å². The number of rotatable bonds is 3. The fourth-order valence-electron chi connectivity index (χ4n) is 1.88. The second-order valence-electron chi connectivity index (χ2n) is 4.37. The molecule has 0 bridgehead atoms. The lowest BCUT2D eigenvalue weighted by atomic mass is 9.98. The van der Waals surface area contributed by atoms with Crippen molar-refractivity contribution in [3.63, 3.8) is 0 Å². The third-order valence-electron chi connectivity index (χ3n) is 2.95. The summed E-state index contributed by atoms with van der Waals surface area (Å²) in [6.07, 6.45) is 1.11. The maximum atomic E-state index is 13.5. The van der Waals surface area contributed by atoms with Gasteiger partial charge in [-0.25, -0.2) is 9.37 Å². The Kier molecular flexibility index (Phi) is 6.21. The predicted octanol–water partition coefficient (Wildman–Crippen LogP) is 3.07. The quantitative estimate of drug-likeness (QED) is 0.882. The van der Waals surface area contributed by atoms with Gasteiger partial charge in [0.05, 0.1) is 0 Å². The lowest BCUT2D eigenvalue weighted by Gasteiger charge is -2.18. The van der Waals surface area contributed by atoms with Gasteiger partial charge in [0.1, 0.15) is 19.8 Å². The fourth-order valence-corrected chi connectivity index (χ4v) is 1.88. The SMILES string of the molecule is CC.[B]c1cnc(N)c(OC(C)c2cccc(F)c2C)c1. The lowest BCUT2D eigenvalue weighted by Crippen LogP contribution is -2.11. The summed E-state index contributed by atoms with van der Waals surface area (Å²) in [5.74, 6) is 0.401. The maximum Gasteiger partial charge on any atom is 0.166 e. The van der Waals surface area contributed by atoms with E-state index in [9.17, 15) is 4.39 Å². The van der Waals surface area contributed by atoms with E-state index in [4.69, 9.17) is 18.3 Å². The summed E-state index contributed by atoms with van der Waals surface area (Å²) in [5, 5.41) is 0. The highest BCUT2D eigenvalue weighted by molar-refractivity contribution is 6.32. The van der Waals surface area contributed by atoms with Crippen molar-refractivity contribution in [1.82, 2.24) is 4.98 Å². The highest BCUT2D eigenvalue weighted by Crippen LogP contribution is 2.27. The average Bonchev–Trinajstić information content (AvgIpc) is 2.48. The van der Waals surface area contributed by atoms with E-state index in [-0.39, 0.29) is 17.7 Å². The van der Waals surface area contributed by atoms with Crippen LogP contribution in [-0.4, -0.2) is 12.8 Å². The minimum atomic E-state index is -0.346. The van der Waals surface area contributed by atoms with Crippen molar-refractivity contribution >= 4 is 19.1 Å².